The summed E-state index contributed by atoms with van der Waals surface area (Å²) < 4.78 is 20.1. The third kappa shape index (κ3) is 3.03. The minimum atomic E-state index is -0.451. The Bertz CT molecular complexity index is 1190. The molecule has 3 heterocycles. The highest BCUT2D eigenvalue weighted by molar-refractivity contribution is 5.79. The number of aromatic nitrogens is 1. The second kappa shape index (κ2) is 7.59. The summed E-state index contributed by atoms with van der Waals surface area (Å²) >= 11 is 0. The summed E-state index contributed by atoms with van der Waals surface area (Å²) in [6.07, 6.45) is 5.60. The summed E-state index contributed by atoms with van der Waals surface area (Å²) in [4.78, 5) is 18.8. The quantitative estimate of drug-likeness (QED) is 0.498. The molecule has 2 bridgehead atoms. The molecule has 2 aliphatic heterocycles. The van der Waals surface area contributed by atoms with E-state index in [1.54, 1.807) is 12.1 Å². The largest absolute Gasteiger partial charge is 0.448 e. The predicted octanol–water partition coefficient (Wildman–Crippen LogP) is 5.79. The van der Waals surface area contributed by atoms with Crippen molar-refractivity contribution in [2.75, 3.05) is 6.61 Å². The summed E-state index contributed by atoms with van der Waals surface area (Å²) in [7, 11) is 0. The van der Waals surface area contributed by atoms with Gasteiger partial charge < -0.3 is 4.74 Å². The fourth-order valence-electron chi connectivity index (χ4n) is 5.61. The summed E-state index contributed by atoms with van der Waals surface area (Å²) in [5.41, 5.74) is 6.32. The molecule has 0 saturated carbocycles. The minimum absolute atomic E-state index is 0.0373. The van der Waals surface area contributed by atoms with Crippen molar-refractivity contribution in [1.82, 2.24) is 9.88 Å². The fraction of sp³-hybridized carbons (Fsp3) is 0.259. The Kier molecular flexibility index (Phi) is 4.56. The van der Waals surface area contributed by atoms with E-state index < -0.39 is 5.95 Å². The van der Waals surface area contributed by atoms with Gasteiger partial charge in [-0.15, -0.1) is 0 Å². The molecule has 2 atom stereocenters. The number of rotatable bonds is 3. The van der Waals surface area contributed by atoms with E-state index in [4.69, 9.17) is 4.74 Å². The number of carbonyl (C=O) groups excluding carboxylic acids is 1. The van der Waals surface area contributed by atoms with E-state index >= 15 is 0 Å². The molecular weight excluding hydrogens is 403 g/mol. The van der Waals surface area contributed by atoms with Crippen molar-refractivity contribution in [2.24, 2.45) is 0 Å². The van der Waals surface area contributed by atoms with Crippen molar-refractivity contribution >= 4 is 11.7 Å². The first-order valence-corrected chi connectivity index (χ1v) is 11.2. The molecule has 3 aromatic rings. The second-order valence-electron chi connectivity index (χ2n) is 8.75. The molecular formula is C27H23FN2O2. The number of halogens is 1. The Morgan fingerprint density at radius 3 is 2.34 bits per heavy atom. The zero-order chi connectivity index (χ0) is 21.7. The van der Waals surface area contributed by atoms with Gasteiger partial charge in [0.15, 0.2) is 0 Å². The van der Waals surface area contributed by atoms with Crippen molar-refractivity contribution in [2.45, 2.75) is 37.3 Å². The first-order valence-electron chi connectivity index (χ1n) is 11.2. The average Bonchev–Trinajstić information content (AvgIpc) is 3.29. The van der Waals surface area contributed by atoms with Crippen LogP contribution >= 0.6 is 0 Å². The van der Waals surface area contributed by atoms with Gasteiger partial charge in [-0.25, -0.2) is 9.78 Å². The number of amides is 1. The van der Waals surface area contributed by atoms with Gasteiger partial charge in [-0.1, -0.05) is 54.6 Å². The maximum absolute atomic E-state index is 14.2. The zero-order valence-corrected chi connectivity index (χ0v) is 17.6. The van der Waals surface area contributed by atoms with Crippen molar-refractivity contribution < 1.29 is 13.9 Å². The van der Waals surface area contributed by atoms with Gasteiger partial charge >= 0.3 is 6.09 Å². The minimum Gasteiger partial charge on any atom is -0.448 e. The molecule has 1 aromatic heterocycles. The maximum atomic E-state index is 14.2. The summed E-state index contributed by atoms with van der Waals surface area (Å²) in [5.74, 6) is -0.405. The number of hydrogen-bond donors (Lipinski definition) is 0. The Morgan fingerprint density at radius 2 is 1.66 bits per heavy atom. The van der Waals surface area contributed by atoms with Gasteiger partial charge in [0.1, 0.15) is 6.61 Å². The number of hydrogen-bond acceptors (Lipinski definition) is 3. The topological polar surface area (TPSA) is 42.4 Å². The molecule has 1 saturated heterocycles. The molecule has 0 spiro atoms. The van der Waals surface area contributed by atoms with Crippen LogP contribution in [0, 0.1) is 5.95 Å². The molecule has 2 unspecified atom stereocenters. The third-order valence-corrected chi connectivity index (χ3v) is 7.05. The van der Waals surface area contributed by atoms with E-state index in [-0.39, 0.29) is 24.1 Å². The van der Waals surface area contributed by atoms with E-state index in [1.807, 2.05) is 35.2 Å². The van der Waals surface area contributed by atoms with Crippen LogP contribution < -0.4 is 0 Å². The number of pyridine rings is 1. The highest BCUT2D eigenvalue weighted by Gasteiger charge is 2.41. The molecule has 2 aromatic carbocycles. The molecule has 0 N–H and O–H groups in total. The molecule has 4 nitrogen and oxygen atoms in total. The van der Waals surface area contributed by atoms with Gasteiger partial charge in [-0.3, -0.25) is 4.90 Å². The van der Waals surface area contributed by atoms with E-state index in [1.165, 1.54) is 28.5 Å². The SMILES string of the molecule is O=C(OCC1c2ccccc2-c2ccccc21)N1C2C=C(c3cccnc3F)CC1CC2. The van der Waals surface area contributed by atoms with Crippen molar-refractivity contribution in [1.29, 1.82) is 0 Å². The van der Waals surface area contributed by atoms with Gasteiger partial charge in [-0.2, -0.15) is 4.39 Å². The van der Waals surface area contributed by atoms with E-state index in [0.29, 0.717) is 18.6 Å². The molecule has 1 fully saturated rings. The van der Waals surface area contributed by atoms with Crippen LogP contribution in [0.4, 0.5) is 9.18 Å². The van der Waals surface area contributed by atoms with Crippen molar-refractivity contribution in [3.8, 4) is 11.1 Å². The second-order valence-corrected chi connectivity index (χ2v) is 8.75. The van der Waals surface area contributed by atoms with Gasteiger partial charge in [0, 0.05) is 23.7 Å². The van der Waals surface area contributed by atoms with E-state index in [2.05, 4.69) is 29.2 Å². The molecule has 160 valence electrons. The summed E-state index contributed by atoms with van der Waals surface area (Å²) in [6.45, 7) is 0.316. The normalized spacial score (nSPS) is 21.2. The van der Waals surface area contributed by atoms with E-state index in [0.717, 1.165) is 18.4 Å². The molecule has 0 radical (unpaired) electrons. The van der Waals surface area contributed by atoms with Crippen LogP contribution in [0.15, 0.2) is 72.9 Å². The Hall–Kier alpha value is -3.47. The van der Waals surface area contributed by atoms with Crippen LogP contribution in [0.25, 0.3) is 16.7 Å². The predicted molar refractivity (Wildman–Crippen MR) is 121 cm³/mol. The number of fused-ring (bicyclic) bond motifs is 5. The first-order chi connectivity index (χ1) is 15.7. The van der Waals surface area contributed by atoms with Crippen LogP contribution in [0.1, 0.15) is 41.9 Å². The standard InChI is InChI=1S/C27H23FN2O2/c28-26-20(10-5-13-29-26)17-14-18-11-12-19(15-17)30(18)27(31)32-16-25-23-8-3-1-6-21(23)22-7-2-4-9-24(22)25/h1-10,13-14,18-19,25H,11-12,15-16H2. The van der Waals surface area contributed by atoms with Gasteiger partial charge in [0.05, 0.1) is 6.04 Å². The smallest absolute Gasteiger partial charge is 0.410 e. The van der Waals surface area contributed by atoms with Crippen LogP contribution in [-0.2, 0) is 4.74 Å². The van der Waals surface area contributed by atoms with Crippen LogP contribution in [0.3, 0.4) is 0 Å². The monoisotopic (exact) mass is 426 g/mol. The lowest BCUT2D eigenvalue weighted by Crippen LogP contribution is -2.43. The van der Waals surface area contributed by atoms with Gasteiger partial charge in [0.25, 0.3) is 0 Å². The molecule has 3 aliphatic rings. The lowest BCUT2D eigenvalue weighted by atomic mass is 9.96. The summed E-state index contributed by atoms with van der Waals surface area (Å²) in [6, 6.07) is 20.2. The Morgan fingerprint density at radius 1 is 0.969 bits per heavy atom. The average molecular weight is 426 g/mol. The number of ether oxygens (including phenoxy) is 1. The van der Waals surface area contributed by atoms with Crippen molar-refractivity contribution in [3.63, 3.8) is 0 Å². The fourth-order valence-corrected chi connectivity index (χ4v) is 5.61. The van der Waals surface area contributed by atoms with Crippen LogP contribution in [-0.4, -0.2) is 34.7 Å². The number of benzene rings is 2. The lowest BCUT2D eigenvalue weighted by molar-refractivity contribution is 0.0866. The highest BCUT2D eigenvalue weighted by Crippen LogP contribution is 2.45. The van der Waals surface area contributed by atoms with Crippen LogP contribution in [0.5, 0.6) is 0 Å². The summed E-state index contributed by atoms with van der Waals surface area (Å²) in [5, 5.41) is 0. The van der Waals surface area contributed by atoms with E-state index in [9.17, 15) is 9.18 Å². The van der Waals surface area contributed by atoms with Crippen molar-refractivity contribution in [3.05, 3.63) is 95.6 Å². The maximum Gasteiger partial charge on any atom is 0.410 e. The van der Waals surface area contributed by atoms with Gasteiger partial charge in [-0.05, 0) is 59.2 Å². The Labute approximate surface area is 186 Å². The molecule has 6 rings (SSSR count). The van der Waals surface area contributed by atoms with Crippen LogP contribution in [0.2, 0.25) is 0 Å². The zero-order valence-electron chi connectivity index (χ0n) is 17.6. The first kappa shape index (κ1) is 19.2. The molecule has 1 amide bonds. The highest BCUT2D eigenvalue weighted by atomic mass is 19.1. The molecule has 5 heteroatoms. The molecule has 1 aliphatic carbocycles. The number of carbonyl (C=O) groups is 1. The number of nitrogens with zero attached hydrogens (tertiary/aromatic N) is 2. The lowest BCUT2D eigenvalue weighted by Gasteiger charge is -2.33. The van der Waals surface area contributed by atoms with Gasteiger partial charge in [0.2, 0.25) is 5.95 Å². The third-order valence-electron chi connectivity index (χ3n) is 7.05. The Balaban J connectivity index is 1.21. The molecule has 32 heavy (non-hydrogen) atoms.